The fourth-order valence-corrected chi connectivity index (χ4v) is 1.70. The Morgan fingerprint density at radius 1 is 1.24 bits per heavy atom. The van der Waals surface area contributed by atoms with Crippen molar-refractivity contribution < 1.29 is 19.4 Å². The molecule has 0 aliphatic carbocycles. The van der Waals surface area contributed by atoms with Crippen LogP contribution in [0, 0.1) is 26.1 Å². The number of nitrogens with one attached hydrogen (secondary N) is 1. The summed E-state index contributed by atoms with van der Waals surface area (Å²) in [7, 11) is 1.21. The Hall–Kier alpha value is -2.71. The number of methoxy groups -OCH3 is 1. The van der Waals surface area contributed by atoms with Crippen LogP contribution in [0.4, 0.5) is 17.1 Å². The predicted octanol–water partition coefficient (Wildman–Crippen LogP) is 2.11. The number of carbonyl (C=O) groups is 1. The van der Waals surface area contributed by atoms with Crippen molar-refractivity contribution in [3.63, 3.8) is 0 Å². The Balaban J connectivity index is 3.20. The van der Waals surface area contributed by atoms with E-state index in [1.54, 1.807) is 13.8 Å². The standard InChI is InChI=1S/C12H15N3O6/c1-7(2)11(12(16)21-3)13-9-5-4-8(14(17)18)6-10(9)15(19)20/h4-7,11,13H,1-3H3/t11-/m0/s1. The molecule has 9 heteroatoms. The Kier molecular flexibility index (Phi) is 5.17. The van der Waals surface area contributed by atoms with Crippen molar-refractivity contribution in [2.24, 2.45) is 5.92 Å². The van der Waals surface area contributed by atoms with E-state index in [-0.39, 0.29) is 11.6 Å². The minimum Gasteiger partial charge on any atom is -0.467 e. The summed E-state index contributed by atoms with van der Waals surface area (Å²) in [6, 6.07) is 2.38. The number of benzene rings is 1. The number of esters is 1. The summed E-state index contributed by atoms with van der Waals surface area (Å²) < 4.78 is 4.63. The number of nitro benzene ring substituents is 2. The van der Waals surface area contributed by atoms with Crippen LogP contribution in [-0.4, -0.2) is 29.0 Å². The zero-order chi connectivity index (χ0) is 16.2. The second-order valence-corrected chi connectivity index (χ2v) is 4.60. The van der Waals surface area contributed by atoms with E-state index >= 15 is 0 Å². The molecule has 0 aliphatic heterocycles. The highest BCUT2D eigenvalue weighted by Crippen LogP contribution is 2.30. The van der Waals surface area contributed by atoms with Gasteiger partial charge in [0.15, 0.2) is 0 Å². The van der Waals surface area contributed by atoms with E-state index in [1.807, 2.05) is 0 Å². The lowest BCUT2D eigenvalue weighted by molar-refractivity contribution is -0.393. The number of hydrogen-bond acceptors (Lipinski definition) is 7. The maximum Gasteiger partial charge on any atom is 0.328 e. The highest BCUT2D eigenvalue weighted by molar-refractivity contribution is 5.81. The van der Waals surface area contributed by atoms with E-state index in [9.17, 15) is 25.0 Å². The maximum atomic E-state index is 11.7. The summed E-state index contributed by atoms with van der Waals surface area (Å²) in [4.78, 5) is 31.9. The molecular weight excluding hydrogens is 282 g/mol. The molecule has 0 aromatic heterocycles. The van der Waals surface area contributed by atoms with Gasteiger partial charge in [-0.15, -0.1) is 0 Å². The molecule has 21 heavy (non-hydrogen) atoms. The van der Waals surface area contributed by atoms with Crippen LogP contribution < -0.4 is 5.32 Å². The second-order valence-electron chi connectivity index (χ2n) is 4.60. The summed E-state index contributed by atoms with van der Waals surface area (Å²) in [5.41, 5.74) is -0.847. The van der Waals surface area contributed by atoms with Gasteiger partial charge in [-0.05, 0) is 12.0 Å². The van der Waals surface area contributed by atoms with E-state index in [4.69, 9.17) is 0 Å². The molecule has 114 valence electrons. The zero-order valence-electron chi connectivity index (χ0n) is 11.7. The Morgan fingerprint density at radius 3 is 2.29 bits per heavy atom. The lowest BCUT2D eigenvalue weighted by Crippen LogP contribution is -2.35. The molecule has 0 saturated carbocycles. The molecule has 1 atom stereocenters. The average molecular weight is 297 g/mol. The zero-order valence-corrected chi connectivity index (χ0v) is 11.7. The van der Waals surface area contributed by atoms with Gasteiger partial charge in [-0.1, -0.05) is 13.8 Å². The summed E-state index contributed by atoms with van der Waals surface area (Å²) in [6.45, 7) is 3.48. The van der Waals surface area contributed by atoms with Gasteiger partial charge < -0.3 is 10.1 Å². The van der Waals surface area contributed by atoms with E-state index < -0.39 is 33.2 Å². The van der Waals surface area contributed by atoms with E-state index in [2.05, 4.69) is 10.1 Å². The normalized spacial score (nSPS) is 11.8. The van der Waals surface area contributed by atoms with Gasteiger partial charge in [0, 0.05) is 6.07 Å². The molecule has 0 saturated heterocycles. The van der Waals surface area contributed by atoms with Crippen LogP contribution in [0.25, 0.3) is 0 Å². The minimum absolute atomic E-state index is 0.0229. The maximum absolute atomic E-state index is 11.7. The van der Waals surface area contributed by atoms with Crippen molar-refractivity contribution in [2.45, 2.75) is 19.9 Å². The average Bonchev–Trinajstić information content (AvgIpc) is 2.43. The predicted molar refractivity (Wildman–Crippen MR) is 74.0 cm³/mol. The van der Waals surface area contributed by atoms with Crippen LogP contribution in [-0.2, 0) is 9.53 Å². The Labute approximate surface area is 120 Å². The van der Waals surface area contributed by atoms with Gasteiger partial charge in [-0.3, -0.25) is 20.2 Å². The van der Waals surface area contributed by atoms with Crippen LogP contribution in [0.2, 0.25) is 0 Å². The monoisotopic (exact) mass is 297 g/mol. The van der Waals surface area contributed by atoms with Gasteiger partial charge in [-0.25, -0.2) is 4.79 Å². The molecule has 0 amide bonds. The Morgan fingerprint density at radius 2 is 1.86 bits per heavy atom. The molecule has 1 N–H and O–H groups in total. The number of ether oxygens (including phenoxy) is 1. The first-order valence-electron chi connectivity index (χ1n) is 6.05. The van der Waals surface area contributed by atoms with E-state index in [0.29, 0.717) is 0 Å². The van der Waals surface area contributed by atoms with Crippen LogP contribution in [0.15, 0.2) is 18.2 Å². The van der Waals surface area contributed by atoms with Crippen molar-refractivity contribution in [2.75, 3.05) is 12.4 Å². The molecule has 0 heterocycles. The fraction of sp³-hybridized carbons (Fsp3) is 0.417. The van der Waals surface area contributed by atoms with Gasteiger partial charge in [0.25, 0.3) is 11.4 Å². The number of anilines is 1. The van der Waals surface area contributed by atoms with Gasteiger partial charge >= 0.3 is 5.97 Å². The first-order chi connectivity index (χ1) is 9.77. The summed E-state index contributed by atoms with van der Waals surface area (Å²) in [6.07, 6.45) is 0. The topological polar surface area (TPSA) is 125 Å². The highest BCUT2D eigenvalue weighted by Gasteiger charge is 2.27. The van der Waals surface area contributed by atoms with Crippen molar-refractivity contribution in [1.82, 2.24) is 0 Å². The van der Waals surface area contributed by atoms with Crippen molar-refractivity contribution in [3.8, 4) is 0 Å². The van der Waals surface area contributed by atoms with Gasteiger partial charge in [-0.2, -0.15) is 0 Å². The third-order valence-corrected chi connectivity index (χ3v) is 2.82. The molecule has 0 spiro atoms. The summed E-state index contributed by atoms with van der Waals surface area (Å²) in [5.74, 6) is -0.759. The number of nitro groups is 2. The summed E-state index contributed by atoms with van der Waals surface area (Å²) in [5, 5.41) is 24.4. The van der Waals surface area contributed by atoms with Crippen molar-refractivity contribution in [1.29, 1.82) is 0 Å². The number of hydrogen-bond donors (Lipinski definition) is 1. The number of carbonyl (C=O) groups excluding carboxylic acids is 1. The van der Waals surface area contributed by atoms with Gasteiger partial charge in [0.05, 0.1) is 23.0 Å². The van der Waals surface area contributed by atoms with Crippen LogP contribution in [0.1, 0.15) is 13.8 Å². The molecule has 1 aromatic rings. The fourth-order valence-electron chi connectivity index (χ4n) is 1.70. The third-order valence-electron chi connectivity index (χ3n) is 2.82. The van der Waals surface area contributed by atoms with Crippen molar-refractivity contribution >= 4 is 23.0 Å². The Bertz CT molecular complexity index is 572. The SMILES string of the molecule is COC(=O)[C@@H](Nc1ccc([N+](=O)[O-])cc1[N+](=O)[O-])C(C)C. The van der Waals surface area contributed by atoms with Crippen molar-refractivity contribution in [3.05, 3.63) is 38.4 Å². The molecule has 1 rings (SSSR count). The summed E-state index contributed by atoms with van der Waals surface area (Å²) >= 11 is 0. The molecule has 1 aromatic carbocycles. The molecule has 9 nitrogen and oxygen atoms in total. The van der Waals surface area contributed by atoms with Gasteiger partial charge in [0.2, 0.25) is 0 Å². The van der Waals surface area contributed by atoms with Gasteiger partial charge in [0.1, 0.15) is 11.7 Å². The smallest absolute Gasteiger partial charge is 0.328 e. The number of rotatable bonds is 6. The second kappa shape index (κ2) is 6.64. The van der Waals surface area contributed by atoms with E-state index in [0.717, 1.165) is 12.1 Å². The molecular formula is C12H15N3O6. The number of non-ortho nitro benzene ring substituents is 1. The quantitative estimate of drug-likeness (QED) is 0.484. The molecule has 0 bridgehead atoms. The lowest BCUT2D eigenvalue weighted by atomic mass is 10.0. The minimum atomic E-state index is -0.796. The third kappa shape index (κ3) is 3.88. The molecule has 0 fully saturated rings. The molecule has 0 aliphatic rings. The first kappa shape index (κ1) is 16.3. The van der Waals surface area contributed by atoms with Crippen LogP contribution in [0.3, 0.4) is 0 Å². The van der Waals surface area contributed by atoms with Crippen LogP contribution >= 0.6 is 0 Å². The van der Waals surface area contributed by atoms with Crippen LogP contribution in [0.5, 0.6) is 0 Å². The number of nitrogens with zero attached hydrogens (tertiary/aromatic N) is 2. The largest absolute Gasteiger partial charge is 0.467 e. The first-order valence-corrected chi connectivity index (χ1v) is 6.05. The lowest BCUT2D eigenvalue weighted by Gasteiger charge is -2.20. The molecule has 0 radical (unpaired) electrons. The van der Waals surface area contributed by atoms with E-state index in [1.165, 1.54) is 13.2 Å². The molecule has 0 unspecified atom stereocenters. The highest BCUT2D eigenvalue weighted by atomic mass is 16.6.